The van der Waals surface area contributed by atoms with Gasteiger partial charge in [0.2, 0.25) is 12.7 Å². The van der Waals surface area contributed by atoms with Gasteiger partial charge < -0.3 is 19.1 Å². The molecule has 0 bridgehead atoms. The Morgan fingerprint density at radius 1 is 0.923 bits per heavy atom. The normalized spacial score (nSPS) is 23.8. The van der Waals surface area contributed by atoms with Gasteiger partial charge in [0.1, 0.15) is 11.5 Å². The number of hydrogen-bond acceptors (Lipinski definition) is 8. The van der Waals surface area contributed by atoms with Gasteiger partial charge >= 0.3 is 11.9 Å². The molecule has 16 heteroatoms. The molecule has 0 aromatic heterocycles. The molecule has 1 spiro atoms. The molecular weight excluding hydrogens is 766 g/mol. The van der Waals surface area contributed by atoms with Crippen LogP contribution in [0.25, 0.3) is 0 Å². The number of amides is 2. The van der Waals surface area contributed by atoms with E-state index in [9.17, 15) is 14.4 Å². The van der Waals surface area contributed by atoms with Crippen molar-refractivity contribution in [3.63, 3.8) is 0 Å². The van der Waals surface area contributed by atoms with Crippen LogP contribution in [-0.2, 0) is 38.9 Å². The van der Waals surface area contributed by atoms with E-state index >= 15 is 13.6 Å². The van der Waals surface area contributed by atoms with E-state index in [1.165, 1.54) is 42.3 Å². The van der Waals surface area contributed by atoms with Crippen LogP contribution in [0.15, 0.2) is 42.7 Å². The van der Waals surface area contributed by atoms with Crippen molar-refractivity contribution in [2.75, 3.05) is 36.9 Å². The van der Waals surface area contributed by atoms with Crippen molar-refractivity contribution in [3.8, 4) is 0 Å². The van der Waals surface area contributed by atoms with Crippen LogP contribution in [0.1, 0.15) is 53.5 Å². The van der Waals surface area contributed by atoms with E-state index in [1.807, 2.05) is 20.8 Å². The minimum Gasteiger partial charge on any atom is -0.477 e. The predicted molar refractivity (Wildman–Crippen MR) is 194 cm³/mol. The molecule has 2 aromatic rings. The molecule has 0 radical (unpaired) electrons. The van der Waals surface area contributed by atoms with Gasteiger partial charge in [-0.2, -0.15) is 0 Å². The van der Waals surface area contributed by atoms with E-state index in [4.69, 9.17) is 60.6 Å². The third-order valence-electron chi connectivity index (χ3n) is 9.58. The molecule has 0 N–H and O–H groups in total. The monoisotopic (exact) mass is 803 g/mol. The molecule has 2 fully saturated rings. The maximum absolute atomic E-state index is 15.7. The molecule has 2 saturated heterocycles. The Hall–Kier alpha value is -3.16. The molecule has 5 rings (SSSR count). The first-order valence-electron chi connectivity index (χ1n) is 16.3. The second kappa shape index (κ2) is 13.9. The number of nitrogens with zero attached hydrogens (tertiary/aromatic N) is 3. The number of anilines is 2. The Morgan fingerprint density at radius 3 is 2.10 bits per heavy atom. The average molecular weight is 806 g/mol. The largest absolute Gasteiger partial charge is 0.477 e. The van der Waals surface area contributed by atoms with Gasteiger partial charge in [0, 0.05) is 51.2 Å². The Labute approximate surface area is 320 Å². The lowest BCUT2D eigenvalue weighted by atomic mass is 9.73. The molecule has 10 nitrogen and oxygen atoms in total. The summed E-state index contributed by atoms with van der Waals surface area (Å²) >= 11 is 25.8. The first kappa shape index (κ1) is 40.0. The lowest BCUT2D eigenvalue weighted by Crippen LogP contribution is -2.56. The van der Waals surface area contributed by atoms with E-state index in [0.29, 0.717) is 5.76 Å². The zero-order chi connectivity index (χ0) is 38.9. The van der Waals surface area contributed by atoms with Crippen molar-refractivity contribution in [2.24, 2.45) is 22.7 Å². The third-order valence-corrected chi connectivity index (χ3v) is 10.5. The average Bonchev–Trinajstić information content (AvgIpc) is 3.56. The van der Waals surface area contributed by atoms with E-state index < -0.39 is 90.4 Å². The van der Waals surface area contributed by atoms with Crippen molar-refractivity contribution >= 4 is 81.5 Å². The van der Waals surface area contributed by atoms with Crippen LogP contribution in [-0.4, -0.2) is 67.7 Å². The van der Waals surface area contributed by atoms with Crippen molar-refractivity contribution in [1.82, 2.24) is 4.90 Å². The second-order valence-corrected chi connectivity index (χ2v) is 17.0. The predicted octanol–water partition coefficient (Wildman–Crippen LogP) is 8.08. The fourth-order valence-electron chi connectivity index (χ4n) is 6.98. The Morgan fingerprint density at radius 2 is 1.52 bits per heavy atom. The van der Waals surface area contributed by atoms with Crippen molar-refractivity contribution in [1.29, 1.82) is 0 Å². The molecule has 2 amide bonds. The lowest BCUT2D eigenvalue weighted by Gasteiger charge is -2.37. The molecular formula is C36H39Cl4F2N3O7. The number of benzene rings is 2. The number of hydrogen-bond donors (Lipinski definition) is 0. The van der Waals surface area contributed by atoms with Crippen molar-refractivity contribution in [3.05, 3.63) is 68.3 Å². The highest BCUT2D eigenvalue weighted by atomic mass is 35.5. The Balaban J connectivity index is 1.71. The molecule has 282 valence electrons. The third kappa shape index (κ3) is 7.09. The van der Waals surface area contributed by atoms with Crippen LogP contribution in [0.2, 0.25) is 20.1 Å². The van der Waals surface area contributed by atoms with Gasteiger partial charge in [-0.25, -0.2) is 8.78 Å². The molecule has 0 unspecified atom stereocenters. The van der Waals surface area contributed by atoms with Crippen LogP contribution in [0.4, 0.5) is 20.2 Å². The summed E-state index contributed by atoms with van der Waals surface area (Å²) < 4.78 is 48.0. The second-order valence-electron chi connectivity index (χ2n) is 15.3. The van der Waals surface area contributed by atoms with Crippen LogP contribution in [0.3, 0.4) is 0 Å². The van der Waals surface area contributed by atoms with Gasteiger partial charge in [-0.3, -0.25) is 29.0 Å². The quantitative estimate of drug-likeness (QED) is 0.150. The number of allylic oxidation sites excluding steroid dienone is 1. The SMILES string of the molecule is C=C(OCN1C(=O)[C@]2(c3cc(Cl)cc(Cl)c31)[C@@H](C(=O)OCOC(=O)C(C)(C)C)[C@@H](C(=O)N(C)c1cc(Cl)cc(Cl)c1)[C@H]1CC(F)(F)CN12)C(C)(C)C. The van der Waals surface area contributed by atoms with Crippen molar-refractivity contribution < 1.29 is 42.2 Å². The molecule has 52 heavy (non-hydrogen) atoms. The fourth-order valence-corrected chi connectivity index (χ4v) is 8.09. The van der Waals surface area contributed by atoms with E-state index in [-0.39, 0.29) is 37.0 Å². The standard InChI is InChI=1S/C36H39Cl4F2N3O7/c1-18(33(2,3)4)50-16-44-28-23(12-21(39)13-24(28)40)36(31(44)48)27(30(47)51-17-52-32(49)34(5,6)7)26(25-14-35(41,42)15-45(25)36)29(46)43(8)22-10-19(37)9-20(38)11-22/h9-13,25-27H,1,14-17H2,2-8H3/t25-,26+,27-,36+/m1/s1. The number of carbonyl (C=O) groups is 4. The maximum atomic E-state index is 15.7. The molecule has 4 atom stereocenters. The molecule has 0 saturated carbocycles. The first-order valence-corrected chi connectivity index (χ1v) is 17.8. The Bertz CT molecular complexity index is 1830. The molecule has 3 aliphatic heterocycles. The van der Waals surface area contributed by atoms with Crippen molar-refractivity contribution in [2.45, 2.75) is 65.5 Å². The molecule has 0 aliphatic carbocycles. The summed E-state index contributed by atoms with van der Waals surface area (Å²) in [6.45, 7) is 11.9. The number of fused-ring (bicyclic) bond motifs is 4. The summed E-state index contributed by atoms with van der Waals surface area (Å²) in [6, 6.07) is 5.67. The van der Waals surface area contributed by atoms with Gasteiger partial charge in [-0.05, 0) is 51.1 Å². The lowest BCUT2D eigenvalue weighted by molar-refractivity contribution is -0.180. The number of esters is 2. The summed E-state index contributed by atoms with van der Waals surface area (Å²) in [5.74, 6) is -10.1. The summed E-state index contributed by atoms with van der Waals surface area (Å²) in [6.07, 6.45) is -0.883. The van der Waals surface area contributed by atoms with Gasteiger partial charge in [-0.1, -0.05) is 73.8 Å². The van der Waals surface area contributed by atoms with Gasteiger partial charge in [0.25, 0.3) is 11.8 Å². The summed E-state index contributed by atoms with van der Waals surface area (Å²) in [4.78, 5) is 60.4. The molecule has 3 heterocycles. The van der Waals surface area contributed by atoms with Crippen LogP contribution in [0.5, 0.6) is 0 Å². The van der Waals surface area contributed by atoms with Gasteiger partial charge in [0.05, 0.1) is 34.3 Å². The Kier molecular flexibility index (Phi) is 10.7. The molecule has 3 aliphatic rings. The first-order chi connectivity index (χ1) is 23.9. The van der Waals surface area contributed by atoms with Crippen LogP contribution < -0.4 is 9.80 Å². The van der Waals surface area contributed by atoms with Crippen LogP contribution >= 0.6 is 46.4 Å². The number of rotatable bonds is 8. The van der Waals surface area contributed by atoms with Crippen LogP contribution in [0, 0.1) is 22.7 Å². The maximum Gasteiger partial charge on any atom is 0.315 e. The summed E-state index contributed by atoms with van der Waals surface area (Å²) in [5, 5.41) is 0.374. The minimum atomic E-state index is -3.39. The highest BCUT2D eigenvalue weighted by molar-refractivity contribution is 6.38. The topological polar surface area (TPSA) is 106 Å². The highest BCUT2D eigenvalue weighted by Crippen LogP contribution is 2.63. The number of ether oxygens (including phenoxy) is 3. The minimum absolute atomic E-state index is 0.0000558. The fraction of sp³-hybridized carbons (Fsp3) is 0.500. The van der Waals surface area contributed by atoms with Gasteiger partial charge in [0.15, 0.2) is 6.73 Å². The highest BCUT2D eigenvalue weighted by Gasteiger charge is 2.76. The van der Waals surface area contributed by atoms with E-state index in [1.54, 1.807) is 20.8 Å². The van der Waals surface area contributed by atoms with E-state index in [2.05, 4.69) is 6.58 Å². The summed E-state index contributed by atoms with van der Waals surface area (Å²) in [7, 11) is 1.37. The molecule has 2 aromatic carbocycles. The van der Waals surface area contributed by atoms with E-state index in [0.717, 1.165) is 9.80 Å². The van der Waals surface area contributed by atoms with Gasteiger partial charge in [-0.15, -0.1) is 0 Å². The number of carbonyl (C=O) groups excluding carboxylic acids is 4. The number of halogens is 6. The zero-order valence-electron chi connectivity index (χ0n) is 29.6. The summed E-state index contributed by atoms with van der Waals surface area (Å²) in [5.41, 5.74) is -3.57. The zero-order valence-corrected chi connectivity index (χ0v) is 32.6. The smallest absolute Gasteiger partial charge is 0.315 e. The number of alkyl halides is 2.